The molecule has 1 atom stereocenters. The lowest BCUT2D eigenvalue weighted by Gasteiger charge is -2.33. The maximum Gasteiger partial charge on any atom is 0.293 e. The first kappa shape index (κ1) is 19.3. The van der Waals surface area contributed by atoms with Gasteiger partial charge in [0.25, 0.3) is 5.69 Å². The number of nitro benzene ring substituents is 1. The number of rotatable bonds is 5. The number of piperidine rings is 1. The number of imidazole rings is 1. The van der Waals surface area contributed by atoms with E-state index in [0.717, 1.165) is 35.8 Å². The predicted octanol–water partition coefficient (Wildman–Crippen LogP) is 2.76. The molecule has 1 aliphatic rings. The Hall–Kier alpha value is -2.98. The number of sulfonamides is 1. The van der Waals surface area contributed by atoms with Crippen LogP contribution in [0.15, 0.2) is 47.4 Å². The second-order valence-electron chi connectivity index (χ2n) is 7.04. The van der Waals surface area contributed by atoms with Gasteiger partial charge in [-0.25, -0.2) is 18.1 Å². The summed E-state index contributed by atoms with van der Waals surface area (Å²) in [6.45, 7) is 1.23. The maximum absolute atomic E-state index is 12.0. The number of para-hydroxylation sites is 2. The average molecular weight is 415 g/mol. The Morgan fingerprint density at radius 3 is 2.79 bits per heavy atom. The van der Waals surface area contributed by atoms with Crippen molar-refractivity contribution >= 4 is 32.4 Å². The number of H-pyrrole nitrogens is 1. The fourth-order valence-corrected chi connectivity index (χ4v) is 4.54. The Morgan fingerprint density at radius 2 is 2.07 bits per heavy atom. The third-order valence-electron chi connectivity index (χ3n) is 5.28. The summed E-state index contributed by atoms with van der Waals surface area (Å²) in [7, 11) is -2.48. The Kier molecular flexibility index (Phi) is 4.97. The van der Waals surface area contributed by atoms with Gasteiger partial charge in [-0.05, 0) is 44.2 Å². The first-order valence-corrected chi connectivity index (χ1v) is 10.8. The smallest absolute Gasteiger partial charge is 0.293 e. The highest BCUT2D eigenvalue weighted by atomic mass is 32.2. The molecule has 4 rings (SSSR count). The molecular weight excluding hydrogens is 394 g/mol. The number of hydrogen-bond acceptors (Lipinski definition) is 6. The molecule has 0 bridgehead atoms. The van der Waals surface area contributed by atoms with Crippen LogP contribution in [0.3, 0.4) is 0 Å². The van der Waals surface area contributed by atoms with Crippen LogP contribution in [0.1, 0.15) is 24.6 Å². The molecule has 0 amide bonds. The molecule has 1 unspecified atom stereocenters. The summed E-state index contributed by atoms with van der Waals surface area (Å²) in [5.41, 5.74) is 2.07. The molecule has 152 valence electrons. The van der Waals surface area contributed by atoms with Crippen LogP contribution in [0.2, 0.25) is 0 Å². The van der Waals surface area contributed by atoms with E-state index in [1.165, 1.54) is 19.2 Å². The number of aromatic nitrogens is 2. The lowest BCUT2D eigenvalue weighted by molar-refractivity contribution is -0.384. The first-order valence-electron chi connectivity index (χ1n) is 9.30. The minimum absolute atomic E-state index is 0.108. The standard InChI is InChI=1S/C19H21N5O4S/c1-20-29(27,28)14-8-9-17(18(11-14)24(25)26)23-10-4-5-13(12-23)19-21-15-6-2-3-7-16(15)22-19/h2-3,6-9,11,13,20H,4-5,10,12H2,1H3,(H,21,22). The van der Waals surface area contributed by atoms with Crippen LogP contribution in [-0.2, 0) is 10.0 Å². The number of fused-ring (bicyclic) bond motifs is 1. The summed E-state index contributed by atoms with van der Waals surface area (Å²) in [4.78, 5) is 21.0. The second kappa shape index (κ2) is 7.45. The highest BCUT2D eigenvalue weighted by Crippen LogP contribution is 2.35. The minimum atomic E-state index is -3.76. The summed E-state index contributed by atoms with van der Waals surface area (Å²) in [6.07, 6.45) is 1.78. The van der Waals surface area contributed by atoms with E-state index in [0.29, 0.717) is 18.8 Å². The largest absolute Gasteiger partial charge is 0.365 e. The molecule has 1 aliphatic heterocycles. The van der Waals surface area contributed by atoms with Gasteiger partial charge in [-0.15, -0.1) is 0 Å². The lowest BCUT2D eigenvalue weighted by Crippen LogP contribution is -2.35. The number of hydrogen-bond donors (Lipinski definition) is 2. The van der Waals surface area contributed by atoms with Crippen molar-refractivity contribution in [3.05, 3.63) is 58.4 Å². The van der Waals surface area contributed by atoms with Gasteiger partial charge in [-0.3, -0.25) is 10.1 Å². The second-order valence-corrected chi connectivity index (χ2v) is 8.93. The molecule has 10 heteroatoms. The number of nitrogens with zero attached hydrogens (tertiary/aromatic N) is 3. The van der Waals surface area contributed by atoms with Crippen molar-refractivity contribution in [3.8, 4) is 0 Å². The van der Waals surface area contributed by atoms with Crippen molar-refractivity contribution in [3.63, 3.8) is 0 Å². The number of anilines is 1. The molecule has 1 fully saturated rings. The molecule has 2 heterocycles. The van der Waals surface area contributed by atoms with Gasteiger partial charge < -0.3 is 9.88 Å². The quantitative estimate of drug-likeness (QED) is 0.488. The van der Waals surface area contributed by atoms with Gasteiger partial charge in [0.1, 0.15) is 11.5 Å². The molecule has 29 heavy (non-hydrogen) atoms. The van der Waals surface area contributed by atoms with Crippen LogP contribution in [-0.4, -0.2) is 43.4 Å². The van der Waals surface area contributed by atoms with Gasteiger partial charge in [0.2, 0.25) is 10.0 Å². The summed E-state index contributed by atoms with van der Waals surface area (Å²) < 4.78 is 26.2. The molecule has 0 spiro atoms. The van der Waals surface area contributed by atoms with Crippen LogP contribution < -0.4 is 9.62 Å². The summed E-state index contributed by atoms with van der Waals surface area (Å²) >= 11 is 0. The van der Waals surface area contributed by atoms with Gasteiger partial charge in [0, 0.05) is 25.1 Å². The minimum Gasteiger partial charge on any atom is -0.365 e. The van der Waals surface area contributed by atoms with Crippen LogP contribution in [0.4, 0.5) is 11.4 Å². The Bertz CT molecular complexity index is 1140. The van der Waals surface area contributed by atoms with E-state index in [4.69, 9.17) is 0 Å². The van der Waals surface area contributed by atoms with Crippen LogP contribution in [0.25, 0.3) is 11.0 Å². The third-order valence-corrected chi connectivity index (χ3v) is 6.69. The SMILES string of the molecule is CNS(=O)(=O)c1ccc(N2CCCC(c3nc4ccccc4[nH]3)C2)c([N+](=O)[O-])c1. The van der Waals surface area contributed by atoms with E-state index in [1.807, 2.05) is 29.2 Å². The van der Waals surface area contributed by atoms with Crippen molar-refractivity contribution in [1.82, 2.24) is 14.7 Å². The number of nitrogens with one attached hydrogen (secondary N) is 2. The Labute approximate surface area is 168 Å². The zero-order valence-corrected chi connectivity index (χ0v) is 16.6. The van der Waals surface area contributed by atoms with Crippen LogP contribution in [0.5, 0.6) is 0 Å². The highest BCUT2D eigenvalue weighted by molar-refractivity contribution is 7.89. The predicted molar refractivity (Wildman–Crippen MR) is 110 cm³/mol. The van der Waals surface area contributed by atoms with E-state index >= 15 is 0 Å². The van der Waals surface area contributed by atoms with Crippen molar-refractivity contribution in [2.45, 2.75) is 23.7 Å². The van der Waals surface area contributed by atoms with E-state index in [9.17, 15) is 18.5 Å². The molecule has 3 aromatic rings. The first-order chi connectivity index (χ1) is 13.9. The van der Waals surface area contributed by atoms with E-state index in [2.05, 4.69) is 14.7 Å². The molecule has 0 radical (unpaired) electrons. The molecule has 2 aromatic carbocycles. The van der Waals surface area contributed by atoms with E-state index in [-0.39, 0.29) is 16.5 Å². The normalized spacial score (nSPS) is 17.6. The monoisotopic (exact) mass is 415 g/mol. The van der Waals surface area contributed by atoms with Crippen molar-refractivity contribution in [1.29, 1.82) is 0 Å². The van der Waals surface area contributed by atoms with Crippen LogP contribution in [0, 0.1) is 10.1 Å². The number of nitro groups is 1. The zero-order chi connectivity index (χ0) is 20.6. The zero-order valence-electron chi connectivity index (χ0n) is 15.8. The van der Waals surface area contributed by atoms with Gasteiger partial charge in [0.15, 0.2) is 0 Å². The summed E-state index contributed by atoms with van der Waals surface area (Å²) in [5, 5.41) is 11.6. The molecular formula is C19H21N5O4S. The van der Waals surface area contributed by atoms with Gasteiger partial charge >= 0.3 is 0 Å². The van der Waals surface area contributed by atoms with Crippen LogP contribution >= 0.6 is 0 Å². The molecule has 9 nitrogen and oxygen atoms in total. The van der Waals surface area contributed by atoms with Gasteiger partial charge in [-0.2, -0.15) is 0 Å². The number of benzene rings is 2. The van der Waals surface area contributed by atoms with Crippen molar-refractivity contribution in [2.75, 3.05) is 25.0 Å². The topological polar surface area (TPSA) is 121 Å². The average Bonchev–Trinajstić information content (AvgIpc) is 3.17. The molecule has 1 saturated heterocycles. The summed E-state index contributed by atoms with van der Waals surface area (Å²) in [5.74, 6) is 0.976. The molecule has 0 aliphatic carbocycles. The Balaban J connectivity index is 1.66. The third kappa shape index (κ3) is 3.68. The highest BCUT2D eigenvalue weighted by Gasteiger charge is 2.29. The lowest BCUT2D eigenvalue weighted by atomic mass is 9.96. The Morgan fingerprint density at radius 1 is 1.28 bits per heavy atom. The fourth-order valence-electron chi connectivity index (χ4n) is 3.79. The number of aromatic amines is 1. The van der Waals surface area contributed by atoms with Gasteiger partial charge in [0.05, 0.1) is 20.9 Å². The van der Waals surface area contributed by atoms with Crippen molar-refractivity contribution in [2.24, 2.45) is 0 Å². The molecule has 0 saturated carbocycles. The van der Waals surface area contributed by atoms with Gasteiger partial charge in [-0.1, -0.05) is 12.1 Å². The molecule has 2 N–H and O–H groups in total. The fraction of sp³-hybridized carbons (Fsp3) is 0.316. The van der Waals surface area contributed by atoms with E-state index in [1.54, 1.807) is 0 Å². The summed E-state index contributed by atoms with van der Waals surface area (Å²) in [6, 6.07) is 11.8. The maximum atomic E-state index is 12.0. The van der Waals surface area contributed by atoms with Crippen molar-refractivity contribution < 1.29 is 13.3 Å². The molecule has 1 aromatic heterocycles. The van der Waals surface area contributed by atoms with E-state index < -0.39 is 14.9 Å².